The van der Waals surface area contributed by atoms with Gasteiger partial charge in [-0.2, -0.15) is 5.10 Å². The molecule has 1 saturated heterocycles. The summed E-state index contributed by atoms with van der Waals surface area (Å²) in [6.07, 6.45) is 2.06. The van der Waals surface area contributed by atoms with E-state index in [0.717, 1.165) is 5.69 Å². The van der Waals surface area contributed by atoms with Crippen molar-refractivity contribution in [1.29, 1.82) is 0 Å². The highest BCUT2D eigenvalue weighted by atomic mass is 35.5. The van der Waals surface area contributed by atoms with Crippen LogP contribution in [0.3, 0.4) is 0 Å². The van der Waals surface area contributed by atoms with Gasteiger partial charge >= 0.3 is 0 Å². The van der Waals surface area contributed by atoms with Crippen molar-refractivity contribution in [2.75, 3.05) is 11.5 Å². The average molecular weight is 368 g/mol. The molecule has 3 rings (SSSR count). The maximum absolute atomic E-state index is 12.6. The van der Waals surface area contributed by atoms with E-state index >= 15 is 0 Å². The predicted octanol–water partition coefficient (Wildman–Crippen LogP) is 2.14. The molecule has 2 heterocycles. The second-order valence-electron chi connectivity index (χ2n) is 6.41. The SMILES string of the molecule is Cc1nn(-c2ccc(Cl)cc2)cc1C(=O)NC1(C)CCS(=O)(=O)C1. The number of carbonyl (C=O) groups is 1. The van der Waals surface area contributed by atoms with Crippen molar-refractivity contribution in [3.8, 4) is 5.69 Å². The van der Waals surface area contributed by atoms with Crippen molar-refractivity contribution in [3.05, 3.63) is 46.7 Å². The largest absolute Gasteiger partial charge is 0.346 e. The Kier molecular flexibility index (Phi) is 4.17. The first-order chi connectivity index (χ1) is 11.2. The molecule has 0 bridgehead atoms. The molecule has 1 aromatic heterocycles. The maximum atomic E-state index is 12.6. The van der Waals surface area contributed by atoms with E-state index < -0.39 is 15.4 Å². The van der Waals surface area contributed by atoms with Crippen molar-refractivity contribution in [3.63, 3.8) is 0 Å². The Hall–Kier alpha value is -1.86. The van der Waals surface area contributed by atoms with Crippen molar-refractivity contribution in [2.45, 2.75) is 25.8 Å². The molecule has 1 N–H and O–H groups in total. The van der Waals surface area contributed by atoms with Crippen LogP contribution in [0.15, 0.2) is 30.5 Å². The number of amides is 1. The molecule has 1 aliphatic rings. The summed E-state index contributed by atoms with van der Waals surface area (Å²) in [5, 5.41) is 7.82. The van der Waals surface area contributed by atoms with Gasteiger partial charge in [0.25, 0.3) is 5.91 Å². The minimum absolute atomic E-state index is 0.0316. The normalized spacial score (nSPS) is 22.5. The number of nitrogens with zero attached hydrogens (tertiary/aromatic N) is 2. The van der Waals surface area contributed by atoms with Gasteiger partial charge in [-0.15, -0.1) is 0 Å². The number of sulfone groups is 1. The number of hydrogen-bond donors (Lipinski definition) is 1. The summed E-state index contributed by atoms with van der Waals surface area (Å²) in [4.78, 5) is 12.6. The first-order valence-corrected chi connectivity index (χ1v) is 9.73. The number of carbonyl (C=O) groups excluding carboxylic acids is 1. The highest BCUT2D eigenvalue weighted by Gasteiger charge is 2.39. The molecule has 0 aliphatic carbocycles. The second kappa shape index (κ2) is 5.89. The van der Waals surface area contributed by atoms with Gasteiger partial charge in [-0.25, -0.2) is 13.1 Å². The van der Waals surface area contributed by atoms with Gasteiger partial charge in [-0.1, -0.05) is 11.6 Å². The molecule has 8 heteroatoms. The molecule has 128 valence electrons. The Morgan fingerprint density at radius 1 is 1.33 bits per heavy atom. The fourth-order valence-corrected chi connectivity index (χ4v) is 5.08. The first-order valence-electron chi connectivity index (χ1n) is 7.53. The molecule has 0 radical (unpaired) electrons. The van der Waals surface area contributed by atoms with Crippen LogP contribution < -0.4 is 5.32 Å². The standard InChI is InChI=1S/C16H18ClN3O3S/c1-11-14(9-20(19-11)13-5-3-12(17)4-6-13)15(21)18-16(2)7-8-24(22,23)10-16/h3-6,9H,7-8,10H2,1-2H3,(H,18,21). The van der Waals surface area contributed by atoms with Gasteiger partial charge < -0.3 is 5.32 Å². The molecular weight excluding hydrogens is 350 g/mol. The van der Waals surface area contributed by atoms with Crippen molar-refractivity contribution < 1.29 is 13.2 Å². The highest BCUT2D eigenvalue weighted by molar-refractivity contribution is 7.91. The lowest BCUT2D eigenvalue weighted by atomic mass is 10.0. The van der Waals surface area contributed by atoms with Crippen LogP contribution in [0.2, 0.25) is 5.02 Å². The fraction of sp³-hybridized carbons (Fsp3) is 0.375. The number of benzene rings is 1. The molecule has 1 amide bonds. The molecule has 0 spiro atoms. The van der Waals surface area contributed by atoms with E-state index in [0.29, 0.717) is 22.7 Å². The number of hydrogen-bond acceptors (Lipinski definition) is 4. The summed E-state index contributed by atoms with van der Waals surface area (Å²) < 4.78 is 24.9. The molecule has 1 aromatic carbocycles. The minimum atomic E-state index is -3.08. The van der Waals surface area contributed by atoms with E-state index in [1.807, 2.05) is 0 Å². The molecule has 1 fully saturated rings. The molecular formula is C16H18ClN3O3S. The second-order valence-corrected chi connectivity index (χ2v) is 9.03. The summed E-state index contributed by atoms with van der Waals surface area (Å²) in [7, 11) is -3.08. The maximum Gasteiger partial charge on any atom is 0.255 e. The Morgan fingerprint density at radius 2 is 2.00 bits per heavy atom. The minimum Gasteiger partial charge on any atom is -0.346 e. The van der Waals surface area contributed by atoms with Crippen LogP contribution in [-0.4, -0.2) is 41.2 Å². The topological polar surface area (TPSA) is 81.1 Å². The van der Waals surface area contributed by atoms with Crippen LogP contribution in [0.1, 0.15) is 29.4 Å². The van der Waals surface area contributed by atoms with E-state index in [2.05, 4.69) is 10.4 Å². The van der Waals surface area contributed by atoms with Gasteiger partial charge in [-0.05, 0) is 44.5 Å². The molecule has 2 aromatic rings. The van der Waals surface area contributed by atoms with Crippen LogP contribution in [0.25, 0.3) is 5.69 Å². The summed E-state index contributed by atoms with van der Waals surface area (Å²) in [6, 6.07) is 7.11. The zero-order chi connectivity index (χ0) is 17.5. The molecule has 1 aliphatic heterocycles. The lowest BCUT2D eigenvalue weighted by Gasteiger charge is -2.23. The molecule has 6 nitrogen and oxygen atoms in total. The summed E-state index contributed by atoms with van der Waals surface area (Å²) >= 11 is 5.88. The van der Waals surface area contributed by atoms with Crippen molar-refractivity contribution in [2.24, 2.45) is 0 Å². The molecule has 1 atom stereocenters. The Morgan fingerprint density at radius 3 is 2.58 bits per heavy atom. The number of rotatable bonds is 3. The van der Waals surface area contributed by atoms with E-state index in [1.54, 1.807) is 49.0 Å². The third-order valence-corrected chi connectivity index (χ3v) is 6.31. The van der Waals surface area contributed by atoms with Gasteiger partial charge in [0, 0.05) is 11.2 Å². The van der Waals surface area contributed by atoms with Crippen LogP contribution in [0, 0.1) is 6.92 Å². The van der Waals surface area contributed by atoms with Crippen LogP contribution in [-0.2, 0) is 9.84 Å². The van der Waals surface area contributed by atoms with Gasteiger partial charge in [-0.3, -0.25) is 4.79 Å². The van der Waals surface area contributed by atoms with E-state index in [-0.39, 0.29) is 17.4 Å². The molecule has 24 heavy (non-hydrogen) atoms. The highest BCUT2D eigenvalue weighted by Crippen LogP contribution is 2.24. The summed E-state index contributed by atoms with van der Waals surface area (Å²) in [5.41, 5.74) is 1.06. The predicted molar refractivity (Wildman–Crippen MR) is 92.5 cm³/mol. The lowest BCUT2D eigenvalue weighted by molar-refractivity contribution is 0.0915. The number of aromatic nitrogens is 2. The Balaban J connectivity index is 1.82. The fourth-order valence-electron chi connectivity index (χ4n) is 2.86. The van der Waals surface area contributed by atoms with E-state index in [9.17, 15) is 13.2 Å². The summed E-state index contributed by atoms with van der Waals surface area (Å²) in [6.45, 7) is 3.50. The monoisotopic (exact) mass is 367 g/mol. The zero-order valence-corrected chi connectivity index (χ0v) is 15.0. The first kappa shape index (κ1) is 17.0. The zero-order valence-electron chi connectivity index (χ0n) is 13.4. The van der Waals surface area contributed by atoms with Gasteiger partial charge in [0.1, 0.15) is 0 Å². The van der Waals surface area contributed by atoms with Crippen LogP contribution in [0.4, 0.5) is 0 Å². The van der Waals surface area contributed by atoms with E-state index in [1.165, 1.54) is 0 Å². The third-order valence-electron chi connectivity index (χ3n) is 4.15. The van der Waals surface area contributed by atoms with E-state index in [4.69, 9.17) is 11.6 Å². The molecule has 0 saturated carbocycles. The Bertz CT molecular complexity index is 890. The number of halogens is 1. The van der Waals surface area contributed by atoms with Gasteiger partial charge in [0.15, 0.2) is 9.84 Å². The average Bonchev–Trinajstić information content (AvgIpc) is 3.00. The molecule has 1 unspecified atom stereocenters. The van der Waals surface area contributed by atoms with Crippen LogP contribution in [0.5, 0.6) is 0 Å². The van der Waals surface area contributed by atoms with Crippen molar-refractivity contribution in [1.82, 2.24) is 15.1 Å². The lowest BCUT2D eigenvalue weighted by Crippen LogP contribution is -2.47. The van der Waals surface area contributed by atoms with Gasteiger partial charge in [0.2, 0.25) is 0 Å². The van der Waals surface area contributed by atoms with Gasteiger partial charge in [0.05, 0.1) is 34.0 Å². The Labute approximate surface area is 145 Å². The third kappa shape index (κ3) is 3.47. The van der Waals surface area contributed by atoms with Crippen molar-refractivity contribution >= 4 is 27.3 Å². The smallest absolute Gasteiger partial charge is 0.255 e. The summed E-state index contributed by atoms with van der Waals surface area (Å²) in [5.74, 6) is -0.240. The number of nitrogens with one attached hydrogen (secondary N) is 1. The quantitative estimate of drug-likeness (QED) is 0.901. The number of aryl methyl sites for hydroxylation is 1. The van der Waals surface area contributed by atoms with Crippen LogP contribution >= 0.6 is 11.6 Å².